The van der Waals surface area contributed by atoms with E-state index in [9.17, 15) is 0 Å². The van der Waals surface area contributed by atoms with Crippen molar-refractivity contribution in [2.45, 2.75) is 27.2 Å². The molecule has 1 aliphatic rings. The standard InChI is InChI=1S/C16H19N/c1-12-5-4-6-15(9-7-12)17-16-10-8-13(2)14(3)11-16/h4-8,10-11,17H,9H2,1-3H3. The van der Waals surface area contributed by atoms with Gasteiger partial charge in [0.05, 0.1) is 0 Å². The summed E-state index contributed by atoms with van der Waals surface area (Å²) in [5.74, 6) is 0. The normalized spacial score (nSPS) is 15.0. The van der Waals surface area contributed by atoms with Crippen molar-refractivity contribution in [1.29, 1.82) is 0 Å². The molecule has 0 radical (unpaired) electrons. The molecule has 0 saturated carbocycles. The van der Waals surface area contributed by atoms with Crippen LogP contribution in [-0.2, 0) is 0 Å². The van der Waals surface area contributed by atoms with Crippen LogP contribution in [-0.4, -0.2) is 0 Å². The summed E-state index contributed by atoms with van der Waals surface area (Å²) in [5, 5.41) is 3.47. The average molecular weight is 225 g/mol. The second-order valence-electron chi connectivity index (χ2n) is 4.63. The lowest BCUT2D eigenvalue weighted by Gasteiger charge is -2.10. The van der Waals surface area contributed by atoms with Gasteiger partial charge in [0, 0.05) is 17.8 Å². The van der Waals surface area contributed by atoms with Crippen LogP contribution in [0, 0.1) is 13.8 Å². The Morgan fingerprint density at radius 1 is 1.06 bits per heavy atom. The van der Waals surface area contributed by atoms with Gasteiger partial charge in [0.15, 0.2) is 0 Å². The predicted octanol–water partition coefficient (Wildman–Crippen LogP) is 4.51. The Labute approximate surface area is 104 Å². The monoisotopic (exact) mass is 225 g/mol. The second-order valence-corrected chi connectivity index (χ2v) is 4.63. The molecule has 2 rings (SSSR count). The van der Waals surface area contributed by atoms with Gasteiger partial charge in [-0.3, -0.25) is 0 Å². The molecule has 0 bridgehead atoms. The summed E-state index contributed by atoms with van der Waals surface area (Å²) in [7, 11) is 0. The van der Waals surface area contributed by atoms with Gasteiger partial charge < -0.3 is 5.32 Å². The van der Waals surface area contributed by atoms with E-state index >= 15 is 0 Å². The molecular weight excluding hydrogens is 206 g/mol. The van der Waals surface area contributed by atoms with Crippen LogP contribution in [0.25, 0.3) is 0 Å². The highest BCUT2D eigenvalue weighted by molar-refractivity contribution is 5.53. The summed E-state index contributed by atoms with van der Waals surface area (Å²) in [6, 6.07) is 6.49. The number of benzene rings is 1. The number of aryl methyl sites for hydroxylation is 2. The smallest absolute Gasteiger partial charge is 0.0384 e. The summed E-state index contributed by atoms with van der Waals surface area (Å²) < 4.78 is 0. The van der Waals surface area contributed by atoms with E-state index in [4.69, 9.17) is 0 Å². The Morgan fingerprint density at radius 3 is 2.65 bits per heavy atom. The number of allylic oxidation sites excluding steroid dienone is 5. The number of hydrogen-bond donors (Lipinski definition) is 1. The SMILES string of the molecule is CC1=CCC(Nc2ccc(C)c(C)c2)=CC=C1. The first-order chi connectivity index (χ1) is 8.15. The maximum Gasteiger partial charge on any atom is 0.0384 e. The van der Waals surface area contributed by atoms with E-state index in [1.54, 1.807) is 0 Å². The summed E-state index contributed by atoms with van der Waals surface area (Å²) >= 11 is 0. The van der Waals surface area contributed by atoms with Crippen molar-refractivity contribution >= 4 is 5.69 Å². The van der Waals surface area contributed by atoms with Gasteiger partial charge in [-0.2, -0.15) is 0 Å². The van der Waals surface area contributed by atoms with E-state index in [1.807, 2.05) is 0 Å². The largest absolute Gasteiger partial charge is 0.359 e. The molecule has 0 aromatic heterocycles. The average Bonchev–Trinajstić information content (AvgIpc) is 2.49. The molecule has 0 aliphatic heterocycles. The molecule has 1 aliphatic carbocycles. The van der Waals surface area contributed by atoms with Crippen LogP contribution in [0.2, 0.25) is 0 Å². The molecule has 0 unspecified atom stereocenters. The fraction of sp³-hybridized carbons (Fsp3) is 0.250. The molecule has 0 spiro atoms. The van der Waals surface area contributed by atoms with E-state index in [1.165, 1.54) is 28.1 Å². The van der Waals surface area contributed by atoms with Gasteiger partial charge in [-0.15, -0.1) is 0 Å². The van der Waals surface area contributed by atoms with E-state index in [0.717, 1.165) is 6.42 Å². The Hall–Kier alpha value is -1.76. The minimum absolute atomic E-state index is 0.964. The van der Waals surface area contributed by atoms with Gasteiger partial charge in [0.25, 0.3) is 0 Å². The number of rotatable bonds is 2. The van der Waals surface area contributed by atoms with E-state index in [2.05, 4.69) is 68.6 Å². The van der Waals surface area contributed by atoms with Gasteiger partial charge in [0.1, 0.15) is 0 Å². The summed E-state index contributed by atoms with van der Waals surface area (Å²) in [4.78, 5) is 0. The zero-order valence-corrected chi connectivity index (χ0v) is 10.7. The topological polar surface area (TPSA) is 12.0 Å². The number of anilines is 1. The quantitative estimate of drug-likeness (QED) is 0.781. The molecule has 1 nitrogen and oxygen atoms in total. The number of hydrogen-bond acceptors (Lipinski definition) is 1. The zero-order chi connectivity index (χ0) is 12.3. The molecule has 0 heterocycles. The molecule has 0 saturated heterocycles. The Kier molecular flexibility index (Phi) is 3.48. The molecular formula is C16H19N. The van der Waals surface area contributed by atoms with Crippen LogP contribution >= 0.6 is 0 Å². The van der Waals surface area contributed by atoms with Crippen LogP contribution in [0.3, 0.4) is 0 Å². The zero-order valence-electron chi connectivity index (χ0n) is 10.7. The van der Waals surface area contributed by atoms with Crippen LogP contribution in [0.1, 0.15) is 24.5 Å². The molecule has 1 aromatic carbocycles. The first-order valence-electron chi connectivity index (χ1n) is 6.03. The summed E-state index contributed by atoms with van der Waals surface area (Å²) in [5.41, 5.74) is 6.38. The van der Waals surface area contributed by atoms with Gasteiger partial charge in [-0.25, -0.2) is 0 Å². The molecule has 1 aromatic rings. The first-order valence-corrected chi connectivity index (χ1v) is 6.03. The Morgan fingerprint density at radius 2 is 1.88 bits per heavy atom. The predicted molar refractivity (Wildman–Crippen MR) is 75.1 cm³/mol. The van der Waals surface area contributed by atoms with Crippen molar-refractivity contribution in [2.75, 3.05) is 5.32 Å². The maximum atomic E-state index is 3.47. The third kappa shape index (κ3) is 3.10. The molecule has 17 heavy (non-hydrogen) atoms. The Bertz CT molecular complexity index is 502. The fourth-order valence-electron chi connectivity index (χ4n) is 1.82. The van der Waals surface area contributed by atoms with Crippen molar-refractivity contribution < 1.29 is 0 Å². The van der Waals surface area contributed by atoms with Gasteiger partial charge >= 0.3 is 0 Å². The third-order valence-corrected chi connectivity index (χ3v) is 3.11. The van der Waals surface area contributed by atoms with Crippen molar-refractivity contribution in [2.24, 2.45) is 0 Å². The van der Waals surface area contributed by atoms with Crippen molar-refractivity contribution in [3.05, 3.63) is 64.9 Å². The first kappa shape index (κ1) is 11.7. The molecule has 1 heteroatoms. The molecule has 0 atom stereocenters. The van der Waals surface area contributed by atoms with Crippen LogP contribution in [0.5, 0.6) is 0 Å². The summed E-state index contributed by atoms with van der Waals surface area (Å²) in [6.45, 7) is 6.41. The molecule has 1 N–H and O–H groups in total. The van der Waals surface area contributed by atoms with E-state index in [0.29, 0.717) is 0 Å². The van der Waals surface area contributed by atoms with Gasteiger partial charge in [-0.1, -0.05) is 29.9 Å². The molecule has 0 fully saturated rings. The lowest BCUT2D eigenvalue weighted by atomic mass is 10.1. The second kappa shape index (κ2) is 5.05. The fourth-order valence-corrected chi connectivity index (χ4v) is 1.82. The minimum Gasteiger partial charge on any atom is -0.359 e. The van der Waals surface area contributed by atoms with Crippen LogP contribution in [0.15, 0.2) is 53.8 Å². The van der Waals surface area contributed by atoms with E-state index < -0.39 is 0 Å². The maximum absolute atomic E-state index is 3.47. The lowest BCUT2D eigenvalue weighted by molar-refractivity contribution is 1.20. The lowest BCUT2D eigenvalue weighted by Crippen LogP contribution is -1.98. The molecule has 88 valence electrons. The van der Waals surface area contributed by atoms with Crippen molar-refractivity contribution in [3.8, 4) is 0 Å². The highest BCUT2D eigenvalue weighted by atomic mass is 14.9. The third-order valence-electron chi connectivity index (χ3n) is 3.11. The number of nitrogens with one attached hydrogen (secondary N) is 1. The highest BCUT2D eigenvalue weighted by Gasteiger charge is 2.00. The van der Waals surface area contributed by atoms with Crippen molar-refractivity contribution in [3.63, 3.8) is 0 Å². The summed E-state index contributed by atoms with van der Waals surface area (Å²) in [6.07, 6.45) is 9.58. The highest BCUT2D eigenvalue weighted by Crippen LogP contribution is 2.18. The van der Waals surface area contributed by atoms with Gasteiger partial charge in [-0.05, 0) is 50.1 Å². The van der Waals surface area contributed by atoms with Crippen molar-refractivity contribution in [1.82, 2.24) is 0 Å². The van der Waals surface area contributed by atoms with Gasteiger partial charge in [0.2, 0.25) is 0 Å². The van der Waals surface area contributed by atoms with Crippen LogP contribution in [0.4, 0.5) is 5.69 Å². The molecule has 0 amide bonds. The van der Waals surface area contributed by atoms with Crippen LogP contribution < -0.4 is 5.32 Å². The van der Waals surface area contributed by atoms with E-state index in [-0.39, 0.29) is 0 Å². The Balaban J connectivity index is 2.14. The minimum atomic E-state index is 0.964.